The zero-order valence-electron chi connectivity index (χ0n) is 10.2. The van der Waals surface area contributed by atoms with Gasteiger partial charge in [-0.1, -0.05) is 6.07 Å². The van der Waals surface area contributed by atoms with Crippen molar-refractivity contribution in [3.63, 3.8) is 0 Å². The number of hydrogen-bond donors (Lipinski definition) is 1. The lowest BCUT2D eigenvalue weighted by Gasteiger charge is -2.28. The molecule has 0 bridgehead atoms. The molecule has 1 N–H and O–H groups in total. The van der Waals surface area contributed by atoms with E-state index in [0.29, 0.717) is 11.7 Å². The minimum atomic E-state index is 0.487. The van der Waals surface area contributed by atoms with E-state index in [-0.39, 0.29) is 0 Å². The molecule has 4 nitrogen and oxygen atoms in total. The maximum Gasteiger partial charge on any atom is 0.142 e. The number of pyridine rings is 1. The summed E-state index contributed by atoms with van der Waals surface area (Å²) in [6.45, 7) is 2.17. The quantitative estimate of drug-likeness (QED) is 0.837. The Bertz CT molecular complexity index is 402. The molecule has 2 rings (SSSR count). The van der Waals surface area contributed by atoms with Crippen LogP contribution in [0, 0.1) is 11.3 Å². The Kier molecular flexibility index (Phi) is 3.94. The molecule has 0 amide bonds. The lowest BCUT2D eigenvalue weighted by atomic mass is 10.1. The van der Waals surface area contributed by atoms with Crippen LogP contribution in [-0.4, -0.2) is 31.2 Å². The first-order valence-corrected chi connectivity index (χ1v) is 6.12. The van der Waals surface area contributed by atoms with E-state index < -0.39 is 0 Å². The van der Waals surface area contributed by atoms with Crippen LogP contribution in [0.4, 0.5) is 5.82 Å². The van der Waals surface area contributed by atoms with Gasteiger partial charge in [-0.2, -0.15) is 5.26 Å². The normalized spacial score (nSPS) is 20.4. The third kappa shape index (κ3) is 2.95. The summed E-state index contributed by atoms with van der Waals surface area (Å²) in [5.41, 5.74) is 0.487. The Balaban J connectivity index is 2.12. The molecule has 0 radical (unpaired) electrons. The van der Waals surface area contributed by atoms with E-state index in [1.54, 1.807) is 6.07 Å². The van der Waals surface area contributed by atoms with Gasteiger partial charge in [-0.05, 0) is 44.5 Å². The van der Waals surface area contributed by atoms with Gasteiger partial charge in [-0.25, -0.2) is 4.98 Å². The lowest BCUT2D eigenvalue weighted by molar-refractivity contribution is 0.562. The summed E-state index contributed by atoms with van der Waals surface area (Å²) < 4.78 is 0. The van der Waals surface area contributed by atoms with Gasteiger partial charge >= 0.3 is 0 Å². The molecule has 1 aromatic rings. The molecule has 1 aliphatic heterocycles. The molecule has 4 heteroatoms. The topological polar surface area (TPSA) is 52.0 Å². The predicted molar refractivity (Wildman–Crippen MR) is 67.9 cm³/mol. The molecule has 1 fully saturated rings. The van der Waals surface area contributed by atoms with Crippen molar-refractivity contribution >= 4 is 5.82 Å². The van der Waals surface area contributed by atoms with Crippen molar-refractivity contribution in [3.05, 3.63) is 23.9 Å². The van der Waals surface area contributed by atoms with Gasteiger partial charge < -0.3 is 10.2 Å². The highest BCUT2D eigenvalue weighted by Crippen LogP contribution is 2.18. The monoisotopic (exact) mass is 230 g/mol. The second-order valence-corrected chi connectivity index (χ2v) is 4.44. The van der Waals surface area contributed by atoms with Crippen molar-refractivity contribution < 1.29 is 0 Å². The standard InChI is InChI=1S/C13H18N4/c1-17(12-5-3-8-15-9-7-12)13-6-2-4-11(10-14)16-13/h2,4,6,12,15H,3,5,7-9H2,1H3. The van der Waals surface area contributed by atoms with Crippen molar-refractivity contribution in [2.24, 2.45) is 0 Å². The Morgan fingerprint density at radius 3 is 3.12 bits per heavy atom. The van der Waals surface area contributed by atoms with Crippen molar-refractivity contribution in [1.29, 1.82) is 5.26 Å². The van der Waals surface area contributed by atoms with Gasteiger partial charge in [0.15, 0.2) is 0 Å². The number of hydrogen-bond acceptors (Lipinski definition) is 4. The van der Waals surface area contributed by atoms with Crippen LogP contribution in [0.3, 0.4) is 0 Å². The van der Waals surface area contributed by atoms with Gasteiger partial charge in [0, 0.05) is 13.1 Å². The van der Waals surface area contributed by atoms with Crippen molar-refractivity contribution in [3.8, 4) is 6.07 Å². The molecule has 17 heavy (non-hydrogen) atoms. The van der Waals surface area contributed by atoms with Crippen molar-refractivity contribution in [1.82, 2.24) is 10.3 Å². The summed E-state index contributed by atoms with van der Waals surface area (Å²) in [6, 6.07) is 8.22. The fourth-order valence-electron chi connectivity index (χ4n) is 2.26. The van der Waals surface area contributed by atoms with Gasteiger partial charge in [0.05, 0.1) is 0 Å². The Labute approximate surface area is 102 Å². The molecule has 1 aliphatic rings. The van der Waals surface area contributed by atoms with E-state index in [0.717, 1.165) is 25.3 Å². The maximum atomic E-state index is 8.86. The van der Waals surface area contributed by atoms with Crippen LogP contribution >= 0.6 is 0 Å². The lowest BCUT2D eigenvalue weighted by Crippen LogP contribution is -2.33. The molecule has 0 saturated carbocycles. The molecule has 1 unspecified atom stereocenters. The SMILES string of the molecule is CN(c1cccc(C#N)n1)C1CCCNCC1. The number of nitrogens with zero attached hydrogens (tertiary/aromatic N) is 3. The van der Waals surface area contributed by atoms with Crippen LogP contribution in [0.2, 0.25) is 0 Å². The number of aromatic nitrogens is 1. The molecular weight excluding hydrogens is 212 g/mol. The minimum absolute atomic E-state index is 0.487. The predicted octanol–water partition coefficient (Wildman–Crippen LogP) is 1.53. The number of anilines is 1. The van der Waals surface area contributed by atoms with E-state index in [4.69, 9.17) is 5.26 Å². The first-order chi connectivity index (χ1) is 8.31. The number of rotatable bonds is 2. The van der Waals surface area contributed by atoms with E-state index in [1.807, 2.05) is 12.1 Å². The van der Waals surface area contributed by atoms with E-state index in [1.165, 1.54) is 12.8 Å². The molecule has 1 saturated heterocycles. The fraction of sp³-hybridized carbons (Fsp3) is 0.538. The highest BCUT2D eigenvalue weighted by Gasteiger charge is 2.17. The summed E-state index contributed by atoms with van der Waals surface area (Å²) >= 11 is 0. The first kappa shape index (κ1) is 11.9. The Morgan fingerprint density at radius 2 is 2.29 bits per heavy atom. The highest BCUT2D eigenvalue weighted by molar-refractivity contribution is 5.41. The smallest absolute Gasteiger partial charge is 0.142 e. The Hall–Kier alpha value is -1.60. The zero-order valence-corrected chi connectivity index (χ0v) is 10.2. The third-order valence-corrected chi connectivity index (χ3v) is 3.30. The molecule has 0 aromatic carbocycles. The molecule has 1 atom stereocenters. The van der Waals surface area contributed by atoms with Gasteiger partial charge in [-0.15, -0.1) is 0 Å². The molecule has 90 valence electrons. The van der Waals surface area contributed by atoms with Crippen LogP contribution in [-0.2, 0) is 0 Å². The highest BCUT2D eigenvalue weighted by atomic mass is 15.2. The zero-order chi connectivity index (χ0) is 12.1. The van der Waals surface area contributed by atoms with Crippen LogP contribution in [0.15, 0.2) is 18.2 Å². The van der Waals surface area contributed by atoms with Crippen LogP contribution in [0.5, 0.6) is 0 Å². The minimum Gasteiger partial charge on any atom is -0.357 e. The Morgan fingerprint density at radius 1 is 1.41 bits per heavy atom. The van der Waals surface area contributed by atoms with Crippen LogP contribution in [0.1, 0.15) is 25.0 Å². The number of nitriles is 1. The third-order valence-electron chi connectivity index (χ3n) is 3.30. The van der Waals surface area contributed by atoms with Crippen molar-refractivity contribution in [2.45, 2.75) is 25.3 Å². The molecule has 0 aliphatic carbocycles. The second-order valence-electron chi connectivity index (χ2n) is 4.44. The molecule has 1 aromatic heterocycles. The summed E-state index contributed by atoms with van der Waals surface area (Å²) in [5.74, 6) is 0.899. The second kappa shape index (κ2) is 5.65. The largest absolute Gasteiger partial charge is 0.357 e. The average molecular weight is 230 g/mol. The summed E-state index contributed by atoms with van der Waals surface area (Å²) in [5, 5.41) is 12.3. The average Bonchev–Trinajstić information content (AvgIpc) is 2.67. The summed E-state index contributed by atoms with van der Waals surface area (Å²) in [4.78, 5) is 6.54. The van der Waals surface area contributed by atoms with E-state index >= 15 is 0 Å². The maximum absolute atomic E-state index is 8.86. The molecule has 0 spiro atoms. The molecule has 2 heterocycles. The van der Waals surface area contributed by atoms with E-state index in [9.17, 15) is 0 Å². The van der Waals surface area contributed by atoms with Gasteiger partial charge in [0.1, 0.15) is 17.6 Å². The summed E-state index contributed by atoms with van der Waals surface area (Å²) in [7, 11) is 2.07. The van der Waals surface area contributed by atoms with Gasteiger partial charge in [0.2, 0.25) is 0 Å². The van der Waals surface area contributed by atoms with Crippen LogP contribution in [0.25, 0.3) is 0 Å². The van der Waals surface area contributed by atoms with Crippen molar-refractivity contribution in [2.75, 3.05) is 25.0 Å². The fourth-order valence-corrected chi connectivity index (χ4v) is 2.26. The molecular formula is C13H18N4. The summed E-state index contributed by atoms with van der Waals surface area (Å²) in [6.07, 6.45) is 3.52. The van der Waals surface area contributed by atoms with Crippen LogP contribution < -0.4 is 10.2 Å². The van der Waals surface area contributed by atoms with Gasteiger partial charge in [0.25, 0.3) is 0 Å². The number of nitrogens with one attached hydrogen (secondary N) is 1. The van der Waals surface area contributed by atoms with Gasteiger partial charge in [-0.3, -0.25) is 0 Å². The first-order valence-electron chi connectivity index (χ1n) is 6.12. The van der Waals surface area contributed by atoms with E-state index in [2.05, 4.69) is 28.3 Å².